The predicted octanol–water partition coefficient (Wildman–Crippen LogP) is 3.55. The number of aromatic nitrogens is 1. The zero-order valence-electron chi connectivity index (χ0n) is 14.7. The summed E-state index contributed by atoms with van der Waals surface area (Å²) in [4.78, 5) is 10.5. The molecule has 0 amide bonds. The maximum Gasteiger partial charge on any atom is 0.108 e. The Morgan fingerprint density at radius 1 is 1.00 bits per heavy atom. The van der Waals surface area contributed by atoms with Gasteiger partial charge in [0.15, 0.2) is 0 Å². The molecule has 3 heterocycles. The Morgan fingerprint density at radius 3 is 2.58 bits per heavy atom. The van der Waals surface area contributed by atoms with E-state index in [9.17, 15) is 5.11 Å². The zero-order valence-corrected chi connectivity index (χ0v) is 15.5. The molecular weight excluding hydrogens is 342 g/mol. The van der Waals surface area contributed by atoms with Crippen molar-refractivity contribution in [3.63, 3.8) is 0 Å². The number of para-hydroxylation sites is 1. The van der Waals surface area contributed by atoms with Crippen LogP contribution >= 0.6 is 11.3 Å². The monoisotopic (exact) mass is 365 g/mol. The van der Waals surface area contributed by atoms with Gasteiger partial charge < -0.3 is 10.0 Å². The Balaban J connectivity index is 1.47. The smallest absolute Gasteiger partial charge is 0.108 e. The number of piperazine rings is 1. The molecular formula is C21H23N3OS. The molecule has 1 aliphatic heterocycles. The number of aliphatic hydroxyl groups excluding tert-OH is 1. The number of hydrogen-bond acceptors (Lipinski definition) is 5. The first-order chi connectivity index (χ1) is 12.8. The number of hydrogen-bond donors (Lipinski definition) is 1. The second kappa shape index (κ2) is 7.99. The van der Waals surface area contributed by atoms with E-state index in [0.29, 0.717) is 0 Å². The number of anilines is 1. The SMILES string of the molecule is O[C@@H](c1cccnc1)c1ccccc1N1CCN(Cc2cccs2)CC1. The average molecular weight is 366 g/mol. The number of thiophene rings is 1. The number of pyridine rings is 1. The first kappa shape index (κ1) is 17.2. The van der Waals surface area contributed by atoms with Gasteiger partial charge in [-0.15, -0.1) is 11.3 Å². The van der Waals surface area contributed by atoms with Crippen molar-refractivity contribution < 1.29 is 5.11 Å². The molecule has 5 heteroatoms. The molecule has 1 fully saturated rings. The van der Waals surface area contributed by atoms with E-state index in [1.165, 1.54) is 4.88 Å². The third-order valence-electron chi connectivity index (χ3n) is 4.90. The molecule has 0 saturated carbocycles. The van der Waals surface area contributed by atoms with Crippen LogP contribution in [0.4, 0.5) is 5.69 Å². The molecule has 1 atom stereocenters. The van der Waals surface area contributed by atoms with E-state index in [4.69, 9.17) is 0 Å². The maximum absolute atomic E-state index is 10.9. The predicted molar refractivity (Wildman–Crippen MR) is 107 cm³/mol. The Labute approximate surface area is 158 Å². The molecule has 0 unspecified atom stereocenters. The lowest BCUT2D eigenvalue weighted by molar-refractivity contribution is 0.218. The molecule has 2 aromatic heterocycles. The second-order valence-electron chi connectivity index (χ2n) is 6.59. The molecule has 3 aromatic rings. The minimum atomic E-state index is -0.649. The van der Waals surface area contributed by atoms with Crippen LogP contribution in [0.15, 0.2) is 66.3 Å². The quantitative estimate of drug-likeness (QED) is 0.751. The van der Waals surface area contributed by atoms with Gasteiger partial charge in [-0.25, -0.2) is 0 Å². The van der Waals surface area contributed by atoms with Crippen LogP contribution in [0.5, 0.6) is 0 Å². The van der Waals surface area contributed by atoms with Crippen molar-refractivity contribution in [3.8, 4) is 0 Å². The van der Waals surface area contributed by atoms with Gasteiger partial charge in [0.05, 0.1) is 0 Å². The van der Waals surface area contributed by atoms with Crippen molar-refractivity contribution in [2.24, 2.45) is 0 Å². The highest BCUT2D eigenvalue weighted by atomic mass is 32.1. The van der Waals surface area contributed by atoms with Gasteiger partial charge in [0.2, 0.25) is 0 Å². The number of benzene rings is 1. The van der Waals surface area contributed by atoms with Crippen molar-refractivity contribution in [1.82, 2.24) is 9.88 Å². The first-order valence-electron chi connectivity index (χ1n) is 8.98. The Hall–Kier alpha value is -2.21. The van der Waals surface area contributed by atoms with Gasteiger partial charge >= 0.3 is 0 Å². The van der Waals surface area contributed by atoms with Crippen molar-refractivity contribution >= 4 is 17.0 Å². The summed E-state index contributed by atoms with van der Waals surface area (Å²) in [5.41, 5.74) is 2.91. The van der Waals surface area contributed by atoms with E-state index in [0.717, 1.165) is 49.5 Å². The van der Waals surface area contributed by atoms with Crippen LogP contribution in [0.25, 0.3) is 0 Å². The fourth-order valence-corrected chi connectivity index (χ4v) is 4.24. The van der Waals surface area contributed by atoms with Crippen LogP contribution in [0.2, 0.25) is 0 Å². The summed E-state index contributed by atoms with van der Waals surface area (Å²) in [6, 6.07) is 16.3. The van der Waals surface area contributed by atoms with Crippen molar-refractivity contribution in [3.05, 3.63) is 82.3 Å². The molecule has 4 nitrogen and oxygen atoms in total. The van der Waals surface area contributed by atoms with Crippen LogP contribution in [-0.4, -0.2) is 41.2 Å². The molecule has 1 aliphatic rings. The lowest BCUT2D eigenvalue weighted by Gasteiger charge is -2.37. The molecule has 134 valence electrons. The van der Waals surface area contributed by atoms with E-state index in [-0.39, 0.29) is 0 Å². The van der Waals surface area contributed by atoms with Crippen LogP contribution in [0, 0.1) is 0 Å². The molecule has 26 heavy (non-hydrogen) atoms. The summed E-state index contributed by atoms with van der Waals surface area (Å²) in [6.07, 6.45) is 2.82. The molecule has 0 radical (unpaired) electrons. The third-order valence-corrected chi connectivity index (χ3v) is 5.77. The van der Waals surface area contributed by atoms with E-state index < -0.39 is 6.10 Å². The number of nitrogens with zero attached hydrogens (tertiary/aromatic N) is 3. The summed E-state index contributed by atoms with van der Waals surface area (Å²) in [5, 5.41) is 13.0. The van der Waals surface area contributed by atoms with Crippen molar-refractivity contribution in [2.75, 3.05) is 31.1 Å². The molecule has 0 spiro atoms. The van der Waals surface area contributed by atoms with Crippen LogP contribution < -0.4 is 4.90 Å². The topological polar surface area (TPSA) is 39.6 Å². The van der Waals surface area contributed by atoms with E-state index in [2.05, 4.69) is 38.4 Å². The van der Waals surface area contributed by atoms with E-state index in [1.54, 1.807) is 12.4 Å². The molecule has 0 aliphatic carbocycles. The Morgan fingerprint density at radius 2 is 1.85 bits per heavy atom. The van der Waals surface area contributed by atoms with Gasteiger partial charge in [0.25, 0.3) is 0 Å². The summed E-state index contributed by atoms with van der Waals surface area (Å²) in [5.74, 6) is 0. The Bertz CT molecular complexity index is 814. The van der Waals surface area contributed by atoms with Gasteiger partial charge in [-0.2, -0.15) is 0 Å². The average Bonchev–Trinajstić information content (AvgIpc) is 3.22. The fourth-order valence-electron chi connectivity index (χ4n) is 3.49. The first-order valence-corrected chi connectivity index (χ1v) is 9.86. The van der Waals surface area contributed by atoms with Crippen molar-refractivity contribution in [2.45, 2.75) is 12.6 Å². The molecule has 4 rings (SSSR count). The molecule has 1 saturated heterocycles. The van der Waals surface area contributed by atoms with E-state index in [1.807, 2.05) is 41.7 Å². The lowest BCUT2D eigenvalue weighted by Crippen LogP contribution is -2.46. The third kappa shape index (κ3) is 3.80. The molecule has 0 bridgehead atoms. The molecule has 1 aromatic carbocycles. The fraction of sp³-hybridized carbons (Fsp3) is 0.286. The summed E-state index contributed by atoms with van der Waals surface area (Å²) in [6.45, 7) is 5.06. The Kier molecular flexibility index (Phi) is 5.29. The summed E-state index contributed by atoms with van der Waals surface area (Å²) >= 11 is 1.82. The minimum Gasteiger partial charge on any atom is -0.384 e. The van der Waals surface area contributed by atoms with Crippen LogP contribution in [0.1, 0.15) is 22.1 Å². The largest absolute Gasteiger partial charge is 0.384 e. The van der Waals surface area contributed by atoms with Crippen LogP contribution in [0.3, 0.4) is 0 Å². The highest BCUT2D eigenvalue weighted by Gasteiger charge is 2.22. The van der Waals surface area contributed by atoms with Gasteiger partial charge in [-0.05, 0) is 23.6 Å². The number of rotatable bonds is 5. The van der Waals surface area contributed by atoms with Gasteiger partial charge in [0, 0.05) is 66.8 Å². The highest BCUT2D eigenvalue weighted by molar-refractivity contribution is 7.09. The van der Waals surface area contributed by atoms with Gasteiger partial charge in [0.1, 0.15) is 6.10 Å². The minimum absolute atomic E-state index is 0.649. The highest BCUT2D eigenvalue weighted by Crippen LogP contribution is 2.31. The summed E-state index contributed by atoms with van der Waals surface area (Å²) < 4.78 is 0. The molecule has 1 N–H and O–H groups in total. The van der Waals surface area contributed by atoms with E-state index >= 15 is 0 Å². The number of aliphatic hydroxyl groups is 1. The maximum atomic E-state index is 10.9. The standard InChI is InChI=1S/C21H23N3OS/c25-21(17-5-3-9-22-15-17)19-7-1-2-8-20(19)24-12-10-23(11-13-24)16-18-6-4-14-26-18/h1-9,14-15,21,25H,10-13,16H2/t21-/m0/s1. The summed E-state index contributed by atoms with van der Waals surface area (Å²) in [7, 11) is 0. The van der Waals surface area contributed by atoms with Crippen molar-refractivity contribution in [1.29, 1.82) is 0 Å². The lowest BCUT2D eigenvalue weighted by atomic mass is 10.0. The van der Waals surface area contributed by atoms with Gasteiger partial charge in [-0.3, -0.25) is 9.88 Å². The normalized spacial score (nSPS) is 16.6. The second-order valence-corrected chi connectivity index (χ2v) is 7.62. The van der Waals surface area contributed by atoms with Crippen LogP contribution in [-0.2, 0) is 6.54 Å². The zero-order chi connectivity index (χ0) is 17.8. The van der Waals surface area contributed by atoms with Gasteiger partial charge in [-0.1, -0.05) is 30.3 Å².